The molecule has 1 aromatic heterocycles. The Morgan fingerprint density at radius 3 is 2.45 bits per heavy atom. The molecule has 3 heterocycles. The van der Waals surface area contributed by atoms with Gasteiger partial charge < -0.3 is 19.5 Å². The molecule has 2 aliphatic rings. The summed E-state index contributed by atoms with van der Waals surface area (Å²) in [6.45, 7) is 9.86. The van der Waals surface area contributed by atoms with Gasteiger partial charge in [-0.1, -0.05) is 0 Å². The van der Waals surface area contributed by atoms with Gasteiger partial charge in [0.2, 0.25) is 0 Å². The van der Waals surface area contributed by atoms with Gasteiger partial charge in [0.05, 0.1) is 5.56 Å². The van der Waals surface area contributed by atoms with Gasteiger partial charge in [0.15, 0.2) is 0 Å². The van der Waals surface area contributed by atoms with Gasteiger partial charge in [0.1, 0.15) is 5.75 Å². The molecule has 1 N–H and O–H groups in total. The van der Waals surface area contributed by atoms with Crippen LogP contribution in [0.3, 0.4) is 0 Å². The van der Waals surface area contributed by atoms with Gasteiger partial charge in [-0.05, 0) is 62.6 Å². The number of hydrogen-bond donors (Lipinski definition) is 1. The Bertz CT molecular complexity index is 822. The second kappa shape index (κ2) is 8.91. The summed E-state index contributed by atoms with van der Waals surface area (Å²) < 4.78 is 2.12. The van der Waals surface area contributed by atoms with E-state index in [1.807, 2.05) is 18.3 Å². The number of amides is 1. The third-order valence-electron chi connectivity index (χ3n) is 6.21. The number of phenols is 1. The fourth-order valence-corrected chi connectivity index (χ4v) is 4.45. The molecular formula is C23H32N4O2. The summed E-state index contributed by atoms with van der Waals surface area (Å²) in [4.78, 5) is 19.9. The maximum absolute atomic E-state index is 12.9. The first-order valence-corrected chi connectivity index (χ1v) is 10.9. The second-order valence-electron chi connectivity index (χ2n) is 8.12. The molecule has 1 amide bonds. The number of rotatable bonds is 6. The van der Waals surface area contributed by atoms with E-state index in [9.17, 15) is 9.90 Å². The number of fused-ring (bicyclic) bond motifs is 1. The quantitative estimate of drug-likeness (QED) is 0.816. The Balaban J connectivity index is 1.24. The van der Waals surface area contributed by atoms with Crippen LogP contribution in [-0.4, -0.2) is 71.2 Å². The number of carbonyl (C=O) groups is 1. The highest BCUT2D eigenvalue weighted by molar-refractivity contribution is 5.96. The number of hydrogen-bond acceptors (Lipinski definition) is 4. The van der Waals surface area contributed by atoms with Crippen LogP contribution in [0.2, 0.25) is 0 Å². The Hall–Kier alpha value is -2.47. The first-order valence-electron chi connectivity index (χ1n) is 10.9. The van der Waals surface area contributed by atoms with Crippen molar-refractivity contribution in [3.63, 3.8) is 0 Å². The van der Waals surface area contributed by atoms with Crippen LogP contribution in [0.1, 0.15) is 35.7 Å². The molecule has 0 unspecified atom stereocenters. The van der Waals surface area contributed by atoms with Crippen molar-refractivity contribution in [3.05, 3.63) is 47.8 Å². The lowest BCUT2D eigenvalue weighted by atomic mass is 10.1. The third-order valence-corrected chi connectivity index (χ3v) is 6.21. The molecule has 156 valence electrons. The first kappa shape index (κ1) is 19.8. The van der Waals surface area contributed by atoms with Crippen LogP contribution in [0.4, 0.5) is 5.69 Å². The first-order chi connectivity index (χ1) is 14.1. The summed E-state index contributed by atoms with van der Waals surface area (Å²) >= 11 is 0. The lowest BCUT2D eigenvalue weighted by Gasteiger charge is -2.36. The van der Waals surface area contributed by atoms with E-state index in [1.165, 1.54) is 11.3 Å². The van der Waals surface area contributed by atoms with E-state index in [2.05, 4.69) is 32.4 Å². The largest absolute Gasteiger partial charge is 0.508 e. The van der Waals surface area contributed by atoms with Gasteiger partial charge in [-0.3, -0.25) is 9.69 Å². The molecule has 0 atom stereocenters. The van der Waals surface area contributed by atoms with Gasteiger partial charge in [0, 0.05) is 63.9 Å². The molecule has 0 radical (unpaired) electrons. The summed E-state index contributed by atoms with van der Waals surface area (Å²) in [5.74, 6) is 0.524. The summed E-state index contributed by atoms with van der Waals surface area (Å²) in [6.07, 6.45) is 7.25. The van der Waals surface area contributed by atoms with Crippen molar-refractivity contribution in [3.8, 4) is 5.75 Å². The van der Waals surface area contributed by atoms with Crippen LogP contribution in [0, 0.1) is 0 Å². The van der Waals surface area contributed by atoms with Crippen molar-refractivity contribution >= 4 is 11.6 Å². The van der Waals surface area contributed by atoms with Gasteiger partial charge in [-0.15, -0.1) is 0 Å². The van der Waals surface area contributed by atoms with Crippen LogP contribution in [0.15, 0.2) is 36.7 Å². The molecule has 2 aromatic rings. The van der Waals surface area contributed by atoms with E-state index < -0.39 is 0 Å². The molecule has 1 fully saturated rings. The number of phenolic OH excluding ortho intramolecular Hbond substituents is 1. The van der Waals surface area contributed by atoms with Crippen LogP contribution >= 0.6 is 0 Å². The van der Waals surface area contributed by atoms with Gasteiger partial charge >= 0.3 is 0 Å². The van der Waals surface area contributed by atoms with Gasteiger partial charge in [-0.2, -0.15) is 0 Å². The SMILES string of the molecule is CCn1cc2c(c1)C(=O)N(CCCN1CCN(c3ccc(O)cc3)CC1)CCC2. The molecule has 6 nitrogen and oxygen atoms in total. The number of anilines is 1. The maximum atomic E-state index is 12.9. The number of carbonyl (C=O) groups excluding carboxylic acids is 1. The summed E-state index contributed by atoms with van der Waals surface area (Å²) in [5, 5.41) is 9.45. The zero-order chi connectivity index (χ0) is 20.2. The summed E-state index contributed by atoms with van der Waals surface area (Å²) in [6, 6.07) is 7.46. The van der Waals surface area contributed by atoms with Crippen LogP contribution < -0.4 is 4.90 Å². The summed E-state index contributed by atoms with van der Waals surface area (Å²) in [7, 11) is 0. The number of nitrogens with zero attached hydrogens (tertiary/aromatic N) is 4. The summed E-state index contributed by atoms with van der Waals surface area (Å²) in [5.41, 5.74) is 3.30. The molecule has 1 saturated heterocycles. The zero-order valence-corrected chi connectivity index (χ0v) is 17.4. The van der Waals surface area contributed by atoms with Crippen LogP contribution in [-0.2, 0) is 13.0 Å². The average molecular weight is 397 g/mol. The topological polar surface area (TPSA) is 52.0 Å². The predicted octanol–water partition coefficient (Wildman–Crippen LogP) is 2.81. The number of aromatic nitrogens is 1. The van der Waals surface area contributed by atoms with Crippen LogP contribution in [0.25, 0.3) is 0 Å². The minimum absolute atomic E-state index is 0.210. The molecule has 1 aromatic carbocycles. The molecule has 0 spiro atoms. The number of piperazine rings is 1. The standard InChI is InChI=1S/C23H32N4O2/c1-2-24-17-19-5-3-11-27(23(29)22(19)18-24)12-4-10-25-13-15-26(16-14-25)20-6-8-21(28)9-7-20/h6-9,17-18,28H,2-5,10-16H2,1H3. The zero-order valence-electron chi connectivity index (χ0n) is 17.4. The second-order valence-corrected chi connectivity index (χ2v) is 8.12. The minimum atomic E-state index is 0.210. The lowest BCUT2D eigenvalue weighted by Crippen LogP contribution is -2.47. The fourth-order valence-electron chi connectivity index (χ4n) is 4.45. The molecule has 6 heteroatoms. The molecule has 0 aliphatic carbocycles. The van der Waals surface area contributed by atoms with Crippen molar-refractivity contribution in [1.82, 2.24) is 14.4 Å². The molecule has 2 aliphatic heterocycles. The minimum Gasteiger partial charge on any atom is -0.508 e. The van der Waals surface area contributed by atoms with Crippen LogP contribution in [0.5, 0.6) is 5.75 Å². The molecule has 0 bridgehead atoms. The van der Waals surface area contributed by atoms with E-state index >= 15 is 0 Å². The number of aromatic hydroxyl groups is 1. The van der Waals surface area contributed by atoms with Crippen molar-refractivity contribution < 1.29 is 9.90 Å². The van der Waals surface area contributed by atoms with Crippen molar-refractivity contribution in [2.24, 2.45) is 0 Å². The lowest BCUT2D eigenvalue weighted by molar-refractivity contribution is 0.0752. The normalized spacial score (nSPS) is 18.0. The smallest absolute Gasteiger partial charge is 0.255 e. The average Bonchev–Trinajstić information content (AvgIpc) is 3.10. The number of benzene rings is 1. The Kier molecular flexibility index (Phi) is 6.09. The van der Waals surface area contributed by atoms with Crippen molar-refractivity contribution in [2.75, 3.05) is 50.7 Å². The van der Waals surface area contributed by atoms with E-state index in [-0.39, 0.29) is 5.91 Å². The Morgan fingerprint density at radius 2 is 1.72 bits per heavy atom. The molecule has 29 heavy (non-hydrogen) atoms. The molecule has 4 rings (SSSR count). The van der Waals surface area contributed by atoms with Crippen molar-refractivity contribution in [2.45, 2.75) is 32.7 Å². The van der Waals surface area contributed by atoms with E-state index in [0.29, 0.717) is 5.75 Å². The highest BCUT2D eigenvalue weighted by atomic mass is 16.3. The third kappa shape index (κ3) is 4.58. The van der Waals surface area contributed by atoms with Gasteiger partial charge in [-0.25, -0.2) is 0 Å². The highest BCUT2D eigenvalue weighted by Gasteiger charge is 2.24. The molecular weight excluding hydrogens is 364 g/mol. The predicted molar refractivity (Wildman–Crippen MR) is 116 cm³/mol. The van der Waals surface area contributed by atoms with E-state index in [4.69, 9.17) is 0 Å². The maximum Gasteiger partial charge on any atom is 0.255 e. The monoisotopic (exact) mass is 396 g/mol. The molecule has 0 saturated carbocycles. The Labute approximate surface area is 173 Å². The number of aryl methyl sites for hydroxylation is 2. The highest BCUT2D eigenvalue weighted by Crippen LogP contribution is 2.21. The fraction of sp³-hybridized carbons (Fsp3) is 0.522. The van der Waals surface area contributed by atoms with E-state index in [1.54, 1.807) is 12.1 Å². The Morgan fingerprint density at radius 1 is 0.966 bits per heavy atom. The van der Waals surface area contributed by atoms with E-state index in [0.717, 1.165) is 77.2 Å². The van der Waals surface area contributed by atoms with Crippen molar-refractivity contribution in [1.29, 1.82) is 0 Å². The van der Waals surface area contributed by atoms with Gasteiger partial charge in [0.25, 0.3) is 5.91 Å².